The molecular formula is C64H40N2S. The van der Waals surface area contributed by atoms with Crippen LogP contribution in [0.25, 0.3) is 131 Å². The molecule has 0 N–H and O–H groups in total. The molecule has 0 aliphatic heterocycles. The van der Waals surface area contributed by atoms with E-state index in [1.807, 2.05) is 29.5 Å². The molecule has 11 aromatic carbocycles. The van der Waals surface area contributed by atoms with Crippen molar-refractivity contribution in [2.75, 3.05) is 0 Å². The predicted molar refractivity (Wildman–Crippen MR) is 285 cm³/mol. The Balaban J connectivity index is 0.873. The topological polar surface area (TPSA) is 25.8 Å². The molecule has 0 saturated heterocycles. The van der Waals surface area contributed by atoms with Crippen LogP contribution in [0.15, 0.2) is 243 Å². The van der Waals surface area contributed by atoms with Crippen molar-refractivity contribution >= 4 is 64.5 Å². The lowest BCUT2D eigenvalue weighted by Gasteiger charge is -2.19. The van der Waals surface area contributed by atoms with Crippen LogP contribution in [0.4, 0.5) is 0 Å². The van der Waals surface area contributed by atoms with Crippen molar-refractivity contribution in [3.05, 3.63) is 243 Å². The lowest BCUT2D eigenvalue weighted by molar-refractivity contribution is 1.18. The molecule has 0 saturated carbocycles. The summed E-state index contributed by atoms with van der Waals surface area (Å²) >= 11 is 1.82. The van der Waals surface area contributed by atoms with E-state index in [-0.39, 0.29) is 0 Å². The average molecular weight is 869 g/mol. The molecule has 2 aromatic heterocycles. The van der Waals surface area contributed by atoms with Crippen LogP contribution >= 0.6 is 11.3 Å². The van der Waals surface area contributed by atoms with Crippen molar-refractivity contribution in [1.82, 2.24) is 9.97 Å². The fraction of sp³-hybridized carbons (Fsp3) is 0. The summed E-state index contributed by atoms with van der Waals surface area (Å²) in [7, 11) is 0. The van der Waals surface area contributed by atoms with Crippen molar-refractivity contribution in [2.24, 2.45) is 0 Å². The molecule has 13 rings (SSSR count). The highest BCUT2D eigenvalue weighted by Crippen LogP contribution is 2.47. The minimum absolute atomic E-state index is 0.708. The van der Waals surface area contributed by atoms with Gasteiger partial charge in [-0.3, -0.25) is 0 Å². The molecule has 0 amide bonds. The Hall–Kier alpha value is -8.50. The van der Waals surface area contributed by atoms with Crippen molar-refractivity contribution in [3.8, 4) is 77.7 Å². The van der Waals surface area contributed by atoms with Gasteiger partial charge in [-0.15, -0.1) is 11.3 Å². The third-order valence-electron chi connectivity index (χ3n) is 13.2. The Morgan fingerprint density at radius 1 is 0.269 bits per heavy atom. The summed E-state index contributed by atoms with van der Waals surface area (Å²) in [5, 5.41) is 11.3. The largest absolute Gasteiger partial charge is 0.228 e. The van der Waals surface area contributed by atoms with E-state index in [0.717, 1.165) is 33.6 Å². The third kappa shape index (κ3) is 6.96. The number of hydrogen-bond acceptors (Lipinski definition) is 3. The van der Waals surface area contributed by atoms with Gasteiger partial charge in [-0.1, -0.05) is 206 Å². The van der Waals surface area contributed by atoms with Crippen molar-refractivity contribution in [2.45, 2.75) is 0 Å². The van der Waals surface area contributed by atoms with Gasteiger partial charge in [-0.25, -0.2) is 9.97 Å². The summed E-state index contributed by atoms with van der Waals surface area (Å²) in [6.07, 6.45) is 0. The average Bonchev–Trinajstić information content (AvgIpc) is 3.85. The molecule has 67 heavy (non-hydrogen) atoms. The second kappa shape index (κ2) is 16.2. The highest BCUT2D eigenvalue weighted by molar-refractivity contribution is 7.22. The number of rotatable bonds is 7. The van der Waals surface area contributed by atoms with Crippen LogP contribution in [0.3, 0.4) is 0 Å². The number of aromatic nitrogens is 2. The molecule has 0 spiro atoms. The van der Waals surface area contributed by atoms with Crippen molar-refractivity contribution in [1.29, 1.82) is 0 Å². The molecule has 0 radical (unpaired) electrons. The van der Waals surface area contributed by atoms with E-state index in [1.165, 1.54) is 91.4 Å². The summed E-state index contributed by atoms with van der Waals surface area (Å²) in [6, 6.07) is 87.8. The minimum Gasteiger partial charge on any atom is -0.228 e. The van der Waals surface area contributed by atoms with Gasteiger partial charge in [-0.05, 0) is 124 Å². The first-order valence-corrected chi connectivity index (χ1v) is 23.6. The lowest BCUT2D eigenvalue weighted by atomic mass is 9.83. The fourth-order valence-corrected chi connectivity index (χ4v) is 11.1. The molecule has 0 unspecified atom stereocenters. The molecule has 2 nitrogen and oxygen atoms in total. The Bertz CT molecular complexity index is 3990. The molecule has 0 aliphatic carbocycles. The van der Waals surface area contributed by atoms with E-state index < -0.39 is 0 Å². The summed E-state index contributed by atoms with van der Waals surface area (Å²) in [4.78, 5) is 11.5. The van der Waals surface area contributed by atoms with Crippen LogP contribution in [0, 0.1) is 0 Å². The number of fused-ring (bicyclic) bond motifs is 6. The highest BCUT2D eigenvalue weighted by Gasteiger charge is 2.19. The zero-order valence-electron chi connectivity index (χ0n) is 36.4. The van der Waals surface area contributed by atoms with Gasteiger partial charge in [0.05, 0.1) is 11.4 Å². The van der Waals surface area contributed by atoms with Crippen LogP contribution < -0.4 is 0 Å². The van der Waals surface area contributed by atoms with E-state index in [9.17, 15) is 0 Å². The van der Waals surface area contributed by atoms with Gasteiger partial charge >= 0.3 is 0 Å². The second-order valence-electron chi connectivity index (χ2n) is 17.3. The Labute approximate surface area is 392 Å². The van der Waals surface area contributed by atoms with E-state index in [4.69, 9.17) is 9.97 Å². The normalized spacial score (nSPS) is 11.6. The second-order valence-corrected chi connectivity index (χ2v) is 18.4. The minimum atomic E-state index is 0.708. The van der Waals surface area contributed by atoms with E-state index in [1.54, 1.807) is 0 Å². The number of nitrogens with zero attached hydrogens (tertiary/aromatic N) is 2. The van der Waals surface area contributed by atoms with Crippen LogP contribution in [0.5, 0.6) is 0 Å². The lowest BCUT2D eigenvalue weighted by Crippen LogP contribution is -1.96. The summed E-state index contributed by atoms with van der Waals surface area (Å²) in [5.41, 5.74) is 13.4. The number of benzene rings is 11. The van der Waals surface area contributed by atoms with Crippen molar-refractivity contribution < 1.29 is 0 Å². The number of hydrogen-bond donors (Lipinski definition) is 0. The van der Waals surface area contributed by atoms with E-state index >= 15 is 0 Å². The smallest absolute Gasteiger partial charge is 0.160 e. The molecular weight excluding hydrogens is 829 g/mol. The monoisotopic (exact) mass is 868 g/mol. The quantitative estimate of drug-likeness (QED) is 0.118. The maximum atomic E-state index is 5.15. The molecule has 0 aliphatic rings. The molecule has 3 heteroatoms. The summed E-state index contributed by atoms with van der Waals surface area (Å²) < 4.78 is 1.29. The van der Waals surface area contributed by atoms with Gasteiger partial charge < -0.3 is 0 Å². The van der Waals surface area contributed by atoms with Crippen molar-refractivity contribution in [3.63, 3.8) is 0 Å². The van der Waals surface area contributed by atoms with Gasteiger partial charge in [0.25, 0.3) is 0 Å². The van der Waals surface area contributed by atoms with Crippen LogP contribution in [-0.4, -0.2) is 9.97 Å². The molecule has 2 heterocycles. The van der Waals surface area contributed by atoms with E-state index in [2.05, 4.69) is 224 Å². The molecule has 0 atom stereocenters. The van der Waals surface area contributed by atoms with Gasteiger partial charge in [0.15, 0.2) is 5.82 Å². The summed E-state index contributed by atoms with van der Waals surface area (Å²) in [5.74, 6) is 0.708. The Morgan fingerprint density at radius 2 is 0.821 bits per heavy atom. The maximum Gasteiger partial charge on any atom is 0.160 e. The summed E-state index contributed by atoms with van der Waals surface area (Å²) in [6.45, 7) is 0. The fourth-order valence-electron chi connectivity index (χ4n) is 9.99. The first kappa shape index (κ1) is 38.9. The van der Waals surface area contributed by atoms with Crippen LogP contribution in [0.2, 0.25) is 0 Å². The van der Waals surface area contributed by atoms with Gasteiger partial charge in [0.1, 0.15) is 0 Å². The first-order valence-electron chi connectivity index (χ1n) is 22.8. The zero-order valence-corrected chi connectivity index (χ0v) is 37.2. The Morgan fingerprint density at radius 3 is 1.58 bits per heavy atom. The maximum absolute atomic E-state index is 5.15. The highest BCUT2D eigenvalue weighted by atomic mass is 32.1. The molecule has 312 valence electrons. The molecule has 13 aromatic rings. The molecule has 0 fully saturated rings. The van der Waals surface area contributed by atoms with Gasteiger partial charge in [-0.2, -0.15) is 0 Å². The first-order chi connectivity index (χ1) is 33.2. The van der Waals surface area contributed by atoms with Gasteiger partial charge in [0.2, 0.25) is 0 Å². The standard InChI is InChI=1S/C64H40N2S/c1-3-15-44(16-4-1)61-54-23-10-11-24-55(54)62(63-53-22-9-7-14-42(53)34-35-56(61)63)52-33-32-47-36-46(30-31-48(47)37-52)41-26-28-43(29-27-41)57-40-58(66-64(65-57)45-17-5-2-6-18-45)49-20-13-21-50(38-49)60-39-51-19-8-12-25-59(51)67-60/h1-40H. The zero-order chi connectivity index (χ0) is 44.3. The Kier molecular flexibility index (Phi) is 9.40. The molecule has 0 bridgehead atoms. The van der Waals surface area contributed by atoms with Gasteiger partial charge in [0, 0.05) is 26.3 Å². The van der Waals surface area contributed by atoms with Crippen LogP contribution in [-0.2, 0) is 0 Å². The number of thiophene rings is 1. The SMILES string of the molecule is c1ccc(-c2nc(-c3ccc(-c4ccc5cc(-c6c7ccccc7c(-c7ccccc7)c7ccc8ccccc8c67)ccc5c4)cc3)cc(-c3cccc(-c4cc5ccccc5s4)c3)n2)cc1. The van der Waals surface area contributed by atoms with Crippen LogP contribution in [0.1, 0.15) is 0 Å². The third-order valence-corrected chi connectivity index (χ3v) is 14.4. The predicted octanol–water partition coefficient (Wildman–Crippen LogP) is 18.0. The van der Waals surface area contributed by atoms with E-state index in [0.29, 0.717) is 5.82 Å².